The predicted molar refractivity (Wildman–Crippen MR) is 517 cm³/mol. The van der Waals surface area contributed by atoms with Crippen LogP contribution in [-0.2, 0) is 14.2 Å². The maximum atomic E-state index is 13.0. The zero-order valence-corrected chi connectivity index (χ0v) is 79.3. The van der Waals surface area contributed by atoms with E-state index in [-0.39, 0.29) is 103 Å². The van der Waals surface area contributed by atoms with Gasteiger partial charge in [0.25, 0.3) is 0 Å². The van der Waals surface area contributed by atoms with Gasteiger partial charge in [0.15, 0.2) is 63.5 Å². The lowest BCUT2D eigenvalue weighted by atomic mass is 9.94. The van der Waals surface area contributed by atoms with Crippen molar-refractivity contribution in [2.45, 2.75) is 254 Å². The summed E-state index contributed by atoms with van der Waals surface area (Å²) in [7, 11) is 0. The monoisotopic (exact) mass is 1970 g/mol. The second kappa shape index (κ2) is 39.5. The van der Waals surface area contributed by atoms with Gasteiger partial charge in [-0.3, -0.25) is 19.0 Å². The van der Waals surface area contributed by atoms with Gasteiger partial charge in [-0.2, -0.15) is 5.26 Å². The van der Waals surface area contributed by atoms with Crippen molar-refractivity contribution in [2.75, 3.05) is 24.5 Å². The number of amides is 3. The van der Waals surface area contributed by atoms with Crippen molar-refractivity contribution < 1.29 is 68.4 Å². The van der Waals surface area contributed by atoms with Crippen LogP contribution in [0.5, 0.6) is 46.0 Å². The molecule has 8 aromatic carbocycles. The quantitative estimate of drug-likeness (QED) is 0.0148. The Balaban J connectivity index is 0.000000134. The number of nitrogens with two attached hydrogens (primary N) is 2. The van der Waals surface area contributed by atoms with Crippen LogP contribution in [0, 0.1) is 11.3 Å². The van der Waals surface area contributed by atoms with Crippen LogP contribution >= 0.6 is 47.4 Å². The van der Waals surface area contributed by atoms with Gasteiger partial charge in [-0.15, -0.1) is 24.8 Å². The van der Waals surface area contributed by atoms with Gasteiger partial charge >= 0.3 is 29.8 Å². The molecule has 4 unspecified atom stereocenters. The number of nitrogens with one attached hydrogen (secondary N) is 3. The number of H-pyrrole nitrogens is 2. The third-order valence-electron chi connectivity index (χ3n) is 26.1. The van der Waals surface area contributed by atoms with E-state index >= 15 is 0 Å². The molecular formula is C98H113Cl2IN16O16. The highest BCUT2D eigenvalue weighted by Gasteiger charge is 2.52. The molecule has 0 radical (unpaired) electrons. The summed E-state index contributed by atoms with van der Waals surface area (Å²) in [5.41, 5.74) is 15.0. The largest absolute Gasteiger partial charge is 0.453 e. The number of amidine groups is 1. The number of anilines is 8. The third-order valence-corrected chi connectivity index (χ3v) is 26.1. The SMILES string of the molecule is CC(C)(C)OC(=O)N1[C@@H]2CC[C@H]1CC(N1c3ccccc3Oc3cc(-c4noc(=O)[nH]4)ccc31)C2.CC(C)(C)OC(=O)N1[C@@H]2CC[C@H]1CC(N1c3ccccc3Oc3cc(/C(N)=N/O)ccc31)C2.CC(C)(C)OC(=O)N1[C@@H]2CC[C@H]1CC(N1c3ccccc3Oc3cc(C#N)ccc31)C2.Cl.Cl.NO.O=c1[nH]c(-c2ccc3c(c2)Oc2ccccc2N3C2C[C@H]3CC[C@@H](C2)N3)no1.[2H]CI. The van der Waals surface area contributed by atoms with Crippen molar-refractivity contribution in [2.24, 2.45) is 16.8 Å². The molecule has 12 aliphatic heterocycles. The zero-order valence-electron chi connectivity index (χ0n) is 76.5. The number of piperidine rings is 4. The van der Waals surface area contributed by atoms with Crippen LogP contribution in [0.25, 0.3) is 22.8 Å². The average Bonchev–Trinajstić information content (AvgIpc) is 1.64. The number of rotatable bonds is 7. The van der Waals surface area contributed by atoms with E-state index in [2.05, 4.69) is 108 Å². The molecule has 702 valence electrons. The minimum Gasteiger partial charge on any atom is -0.453 e. The summed E-state index contributed by atoms with van der Waals surface area (Å²) in [6.45, 7) is 17.2. The van der Waals surface area contributed by atoms with Gasteiger partial charge in [-0.05, 0) is 285 Å². The summed E-state index contributed by atoms with van der Waals surface area (Å²) in [6.07, 6.45) is 15.3. The number of nitriles is 1. The Labute approximate surface area is 798 Å². The summed E-state index contributed by atoms with van der Waals surface area (Å²) < 4.78 is 57.5. The van der Waals surface area contributed by atoms with Crippen LogP contribution in [0.15, 0.2) is 194 Å². The maximum absolute atomic E-state index is 13.0. The first-order chi connectivity index (χ1) is 63.5. The fraction of sp³-hybridized carbons (Fsp3) is 0.418. The van der Waals surface area contributed by atoms with Gasteiger partial charge in [-0.1, -0.05) is 86.6 Å². The number of nitrogens with zero attached hydrogens (tertiary/aromatic N) is 11. The summed E-state index contributed by atoms with van der Waals surface area (Å²) in [5, 5.41) is 39.3. The Morgan fingerprint density at radius 3 is 1.02 bits per heavy atom. The molecule has 12 atom stereocenters. The van der Waals surface area contributed by atoms with E-state index in [1.54, 1.807) is 6.07 Å². The molecule has 0 saturated carbocycles. The van der Waals surface area contributed by atoms with E-state index in [9.17, 15) is 29.2 Å². The number of ether oxygens (including phenoxy) is 7. The number of benzene rings is 8. The molecule has 2 aromatic heterocycles. The van der Waals surface area contributed by atoms with Gasteiger partial charge in [0.2, 0.25) is 0 Å². The van der Waals surface area contributed by atoms with E-state index < -0.39 is 28.3 Å². The van der Waals surface area contributed by atoms with Crippen molar-refractivity contribution in [1.82, 2.24) is 40.3 Å². The van der Waals surface area contributed by atoms with Crippen molar-refractivity contribution >= 4 is 117 Å². The van der Waals surface area contributed by atoms with E-state index in [1.807, 2.05) is 227 Å². The van der Waals surface area contributed by atoms with Crippen LogP contribution in [-0.4, -0.2) is 164 Å². The summed E-state index contributed by atoms with van der Waals surface area (Å²) in [5.74, 6) is 9.16. The normalized spacial score (nSPS) is 23.1. The molecule has 35 heteroatoms. The van der Waals surface area contributed by atoms with E-state index in [0.29, 0.717) is 68.6 Å². The van der Waals surface area contributed by atoms with Crippen molar-refractivity contribution in [1.29, 1.82) is 5.26 Å². The molecule has 8 fully saturated rings. The van der Waals surface area contributed by atoms with Gasteiger partial charge in [-0.25, -0.2) is 29.9 Å². The number of alkyl halides is 1. The van der Waals surface area contributed by atoms with Crippen molar-refractivity contribution in [3.05, 3.63) is 202 Å². The Hall–Kier alpha value is -12.2. The first-order valence-corrected chi connectivity index (χ1v) is 46.3. The molecule has 12 aliphatic rings. The van der Waals surface area contributed by atoms with Gasteiger partial charge in [0.05, 0.1) is 57.1 Å². The van der Waals surface area contributed by atoms with Crippen molar-refractivity contribution in [3.8, 4) is 74.8 Å². The van der Waals surface area contributed by atoms with Crippen LogP contribution in [0.1, 0.15) is 178 Å². The molecule has 9 N–H and O–H groups in total. The standard InChI is InChI=1S/C26H28N4O5.C25H30N4O4.C25H27N3O3.C21H20N4O3.CH3I.2ClH.H3NO/c1-26(2,3)34-25(32)29-16-9-10-17(29)14-18(13-16)30-19-6-4-5-7-21(19)33-22-12-15(8-11-20(22)30)23-27-24(31)35-28-23;1-25(2,3)33-24(30)28-16-9-10-17(28)14-18(13-16)29-19-6-4-5-7-21(19)32-22-12-15(23(26)27-31)8-11-20(22)29;1-25(2,3)31-24(29)27-17-9-10-18(27)14-19(13-17)28-20-6-4-5-7-22(20)30-23-12-16(15-26)8-11-21(23)28;26-21-23-20(24-28-21)12-5-8-17-19(9-12)27-18-4-2-1-3-16(18)25(17)15-10-13-6-7-14(11-15)22-13;1-2;;;1-2/h4-8,11-12,16-18H,9-10,13-14H2,1-3H3,(H,27,28,31);4-8,11-12,16-18,31H,9-10,13-14H2,1-3H3,(H2,26,27);4-8,11-12,17-19H,9-10,13-14H2,1-3H3;1-5,8-9,13-15,22H,6-7,10-11H2,(H,23,24,26);1H3;2*1H;2H,1H2/t2*16-,17+,18?;17-,18+,19?;13-,14+,15?;;;;/i;;;;1D;;;. The zero-order chi connectivity index (χ0) is 92.8. The Bertz CT molecular complexity index is 6080. The number of aromatic nitrogens is 4. The highest BCUT2D eigenvalue weighted by molar-refractivity contribution is 14.1. The second-order valence-electron chi connectivity index (χ2n) is 37.9. The van der Waals surface area contributed by atoms with E-state index in [0.717, 1.165) is 170 Å². The fourth-order valence-electron chi connectivity index (χ4n) is 21.2. The second-order valence-corrected chi connectivity index (χ2v) is 37.9. The van der Waals surface area contributed by atoms with Gasteiger partial charge in [0, 0.05) is 96.6 Å². The summed E-state index contributed by atoms with van der Waals surface area (Å²) >= 11 is 1.96. The Morgan fingerprint density at radius 1 is 0.436 bits per heavy atom. The Morgan fingerprint density at radius 2 is 0.722 bits per heavy atom. The number of carbonyl (C=O) groups is 3. The number of hydrogen-bond acceptors (Lipinski definition) is 26. The molecule has 3 amide bonds. The lowest BCUT2D eigenvalue weighted by Gasteiger charge is -2.45. The van der Waals surface area contributed by atoms with Crippen LogP contribution in [0.2, 0.25) is 0 Å². The van der Waals surface area contributed by atoms with Gasteiger partial charge in [0.1, 0.15) is 16.8 Å². The number of halogens is 3. The molecule has 8 bridgehead atoms. The maximum Gasteiger partial charge on any atom is 0.439 e. The van der Waals surface area contributed by atoms with E-state index in [1.165, 1.54) is 12.8 Å². The molecular weight excluding hydrogens is 1850 g/mol. The van der Waals surface area contributed by atoms with Crippen LogP contribution in [0.4, 0.5) is 59.9 Å². The lowest BCUT2D eigenvalue weighted by molar-refractivity contribution is 0.00500. The smallest absolute Gasteiger partial charge is 0.439 e. The number of hydrogen-bond donors (Lipinski definition) is 7. The molecule has 22 rings (SSSR count). The minimum atomic E-state index is -0.599. The first-order valence-electron chi connectivity index (χ1n) is 45.4. The predicted octanol–water partition coefficient (Wildman–Crippen LogP) is 20.7. The lowest BCUT2D eigenvalue weighted by Crippen LogP contribution is -2.53. The molecule has 0 spiro atoms. The minimum absolute atomic E-state index is 0. The first kappa shape index (κ1) is 94.0. The number of para-hydroxylation sites is 8. The number of carbonyl (C=O) groups excluding carboxylic acids is 3. The van der Waals surface area contributed by atoms with E-state index in [4.69, 9.17) is 50.7 Å². The number of aromatic amines is 2. The molecule has 14 heterocycles. The average molecular weight is 1970 g/mol. The molecule has 32 nitrogen and oxygen atoms in total. The molecule has 133 heavy (non-hydrogen) atoms. The molecule has 8 saturated heterocycles. The van der Waals surface area contributed by atoms with Crippen molar-refractivity contribution in [3.63, 3.8) is 0 Å². The summed E-state index contributed by atoms with van der Waals surface area (Å²) in [4.78, 5) is 82.5. The molecule has 10 aromatic rings. The van der Waals surface area contributed by atoms with Crippen LogP contribution in [0.3, 0.4) is 0 Å². The summed E-state index contributed by atoms with van der Waals surface area (Å²) in [6, 6.07) is 60.5. The van der Waals surface area contributed by atoms with Gasteiger partial charge < -0.3 is 88.9 Å². The fourth-order valence-corrected chi connectivity index (χ4v) is 21.2. The number of fused-ring (bicyclic) bond motifs is 16. The van der Waals surface area contributed by atoms with Crippen LogP contribution < -0.4 is 67.0 Å². The molecule has 0 aliphatic carbocycles. The number of oxime groups is 1. The highest BCUT2D eigenvalue weighted by atomic mass is 127. The topological polar surface area (TPSA) is 397 Å². The third kappa shape index (κ3) is 19.9. The highest BCUT2D eigenvalue weighted by Crippen LogP contribution is 2.57. The Kier molecular flexibility index (Phi) is 27.9.